The molecule has 5 rings (SSSR count). The number of methoxy groups -OCH3 is 1. The normalized spacial score (nSPS) is 11.3. The molecule has 3 aromatic carbocycles. The van der Waals surface area contributed by atoms with Crippen LogP contribution in [0.15, 0.2) is 86.9 Å². The summed E-state index contributed by atoms with van der Waals surface area (Å²) in [5.41, 5.74) is 5.36. The zero-order valence-corrected chi connectivity index (χ0v) is 24.2. The maximum Gasteiger partial charge on any atom is 0.439 e. The van der Waals surface area contributed by atoms with Gasteiger partial charge in [0.2, 0.25) is 0 Å². The van der Waals surface area contributed by atoms with Crippen LogP contribution in [0.5, 0.6) is 5.75 Å². The third kappa shape index (κ3) is 6.26. The number of ether oxygens (including phenoxy) is 2. The second kappa shape index (κ2) is 12.8. The van der Waals surface area contributed by atoms with Gasteiger partial charge < -0.3 is 9.47 Å². The summed E-state index contributed by atoms with van der Waals surface area (Å²) in [6.07, 6.45) is 1.56. The first-order valence-corrected chi connectivity index (χ1v) is 14.0. The van der Waals surface area contributed by atoms with E-state index in [1.807, 2.05) is 86.6 Å². The van der Waals surface area contributed by atoms with Crippen LogP contribution in [-0.4, -0.2) is 32.9 Å². The predicted octanol–water partition coefficient (Wildman–Crippen LogP) is 5.86. The molecule has 0 saturated carbocycles. The molecule has 0 amide bonds. The van der Waals surface area contributed by atoms with Crippen LogP contribution in [0.4, 0.5) is 0 Å². The summed E-state index contributed by atoms with van der Waals surface area (Å²) in [6.45, 7) is 6.63. The molecule has 9 heteroatoms. The highest BCUT2D eigenvalue weighted by molar-refractivity contribution is 5.80. The van der Waals surface area contributed by atoms with Gasteiger partial charge in [0.1, 0.15) is 11.6 Å². The van der Waals surface area contributed by atoms with Crippen LogP contribution in [0.2, 0.25) is 0 Å². The highest BCUT2D eigenvalue weighted by Gasteiger charge is 2.19. The van der Waals surface area contributed by atoms with Crippen LogP contribution in [-0.2, 0) is 24.3 Å². The minimum Gasteiger partial charge on any atom is -0.491 e. The van der Waals surface area contributed by atoms with Gasteiger partial charge >= 0.3 is 5.76 Å². The summed E-state index contributed by atoms with van der Waals surface area (Å²) in [4.78, 5) is 33.2. The molecular weight excluding hydrogens is 532 g/mol. The smallest absolute Gasteiger partial charge is 0.439 e. The van der Waals surface area contributed by atoms with Crippen LogP contribution >= 0.6 is 0 Å². The summed E-state index contributed by atoms with van der Waals surface area (Å²) >= 11 is 0. The van der Waals surface area contributed by atoms with E-state index in [1.165, 1.54) is 0 Å². The van der Waals surface area contributed by atoms with Gasteiger partial charge in [-0.3, -0.25) is 18.9 Å². The van der Waals surface area contributed by atoms with Crippen molar-refractivity contribution in [3.05, 3.63) is 111 Å². The van der Waals surface area contributed by atoms with Crippen molar-refractivity contribution in [3.8, 4) is 39.4 Å². The van der Waals surface area contributed by atoms with E-state index in [4.69, 9.17) is 19.0 Å². The molecule has 0 aliphatic heterocycles. The van der Waals surface area contributed by atoms with Gasteiger partial charge in [0.15, 0.2) is 5.82 Å². The Bertz CT molecular complexity index is 1770. The van der Waals surface area contributed by atoms with Crippen molar-refractivity contribution < 1.29 is 14.0 Å². The van der Waals surface area contributed by atoms with Crippen LogP contribution in [0.25, 0.3) is 33.6 Å². The topological polar surface area (TPSA) is 112 Å². The van der Waals surface area contributed by atoms with Gasteiger partial charge in [0.25, 0.3) is 5.56 Å². The summed E-state index contributed by atoms with van der Waals surface area (Å²) in [5, 5.41) is 3.85. The lowest BCUT2D eigenvalue weighted by Gasteiger charge is -2.18. The number of aryl methyl sites for hydroxylation is 1. The summed E-state index contributed by atoms with van der Waals surface area (Å²) in [6, 6.07) is 23.2. The van der Waals surface area contributed by atoms with Crippen molar-refractivity contribution in [1.82, 2.24) is 19.7 Å². The molecule has 0 radical (unpaired) electrons. The van der Waals surface area contributed by atoms with Crippen molar-refractivity contribution in [2.45, 2.75) is 52.9 Å². The van der Waals surface area contributed by atoms with E-state index in [1.54, 1.807) is 11.7 Å². The fourth-order valence-corrected chi connectivity index (χ4v) is 4.99. The largest absolute Gasteiger partial charge is 0.491 e. The number of rotatable bonds is 11. The minimum atomic E-state index is -0.604. The summed E-state index contributed by atoms with van der Waals surface area (Å²) in [7, 11) is 1.61. The quantitative estimate of drug-likeness (QED) is 0.213. The number of nitrogens with one attached hydrogen (secondary N) is 1. The lowest BCUT2D eigenvalue weighted by Crippen LogP contribution is -2.29. The molecule has 0 atom stereocenters. The first-order chi connectivity index (χ1) is 20.4. The first-order valence-electron chi connectivity index (χ1n) is 14.0. The van der Waals surface area contributed by atoms with Crippen molar-refractivity contribution in [2.75, 3.05) is 7.11 Å². The standard InChI is InChI=1S/C33H34N4O5/c1-5-8-29-34-28(20-40-4)30(24-15-17-25(18-16-24)41-21(2)3)32(38)37(29)19-22-11-13-23(14-12-22)26-9-6-7-10-27(26)31-35-33(39)42-36-31/h6-7,9-18,21H,5,8,19-20H2,1-4H3,(H,35,36,39). The first kappa shape index (κ1) is 28.8. The number of H-pyrrole nitrogens is 1. The van der Waals surface area contributed by atoms with Gasteiger partial charge in [-0.15, -0.1) is 0 Å². The Morgan fingerprint density at radius 2 is 1.62 bits per heavy atom. The molecule has 0 aliphatic rings. The van der Waals surface area contributed by atoms with E-state index in [0.717, 1.165) is 45.8 Å². The fraction of sp³-hybridized carbons (Fsp3) is 0.273. The molecule has 0 unspecified atom stereocenters. The number of benzene rings is 3. The highest BCUT2D eigenvalue weighted by atomic mass is 16.5. The second-order valence-corrected chi connectivity index (χ2v) is 10.3. The van der Waals surface area contributed by atoms with E-state index in [9.17, 15) is 9.59 Å². The maximum absolute atomic E-state index is 14.1. The number of hydrogen-bond donors (Lipinski definition) is 1. The number of aromatic nitrogens is 4. The number of aromatic amines is 1. The molecular formula is C33H34N4O5. The molecule has 0 bridgehead atoms. The Kier molecular flexibility index (Phi) is 8.78. The molecule has 0 fully saturated rings. The van der Waals surface area contributed by atoms with Gasteiger partial charge in [0, 0.05) is 19.1 Å². The molecule has 216 valence electrons. The van der Waals surface area contributed by atoms with Crippen molar-refractivity contribution in [1.29, 1.82) is 0 Å². The predicted molar refractivity (Wildman–Crippen MR) is 162 cm³/mol. The summed E-state index contributed by atoms with van der Waals surface area (Å²) < 4.78 is 17.7. The Balaban J connectivity index is 1.52. The van der Waals surface area contributed by atoms with E-state index < -0.39 is 5.76 Å². The minimum absolute atomic E-state index is 0.0540. The lowest BCUT2D eigenvalue weighted by atomic mass is 9.98. The average Bonchev–Trinajstić information content (AvgIpc) is 3.42. The monoisotopic (exact) mass is 566 g/mol. The average molecular weight is 567 g/mol. The molecule has 42 heavy (non-hydrogen) atoms. The Morgan fingerprint density at radius 1 is 0.929 bits per heavy atom. The molecule has 5 aromatic rings. The Labute approximate surface area is 243 Å². The zero-order valence-electron chi connectivity index (χ0n) is 24.2. The van der Waals surface area contributed by atoms with Gasteiger partial charge in [-0.05, 0) is 54.7 Å². The summed E-state index contributed by atoms with van der Waals surface area (Å²) in [5.74, 6) is 1.23. The highest BCUT2D eigenvalue weighted by Crippen LogP contribution is 2.30. The third-order valence-corrected chi connectivity index (χ3v) is 6.82. The Hall–Kier alpha value is -4.76. The second-order valence-electron chi connectivity index (χ2n) is 10.3. The number of nitrogens with zero attached hydrogens (tertiary/aromatic N) is 3. The van der Waals surface area contributed by atoms with Crippen LogP contribution < -0.4 is 16.1 Å². The van der Waals surface area contributed by atoms with Crippen LogP contribution in [0.1, 0.15) is 44.3 Å². The number of hydrogen-bond acceptors (Lipinski definition) is 7. The van der Waals surface area contributed by atoms with E-state index >= 15 is 0 Å². The van der Waals surface area contributed by atoms with E-state index in [-0.39, 0.29) is 18.3 Å². The van der Waals surface area contributed by atoms with Crippen LogP contribution in [0, 0.1) is 0 Å². The zero-order chi connectivity index (χ0) is 29.6. The SMILES string of the molecule is CCCc1nc(COC)c(-c2ccc(OC(C)C)cc2)c(=O)n1Cc1ccc(-c2ccccc2-c2noc(=O)[nH]2)cc1. The van der Waals surface area contributed by atoms with Gasteiger partial charge in [0.05, 0.1) is 30.5 Å². The van der Waals surface area contributed by atoms with Crippen molar-refractivity contribution in [2.24, 2.45) is 0 Å². The Morgan fingerprint density at radius 3 is 2.24 bits per heavy atom. The fourth-order valence-electron chi connectivity index (χ4n) is 4.99. The van der Waals surface area contributed by atoms with Crippen LogP contribution in [0.3, 0.4) is 0 Å². The molecule has 0 spiro atoms. The molecule has 9 nitrogen and oxygen atoms in total. The molecule has 2 heterocycles. The van der Waals surface area contributed by atoms with E-state index in [0.29, 0.717) is 30.0 Å². The van der Waals surface area contributed by atoms with Gasteiger partial charge in [-0.1, -0.05) is 72.7 Å². The maximum atomic E-state index is 14.1. The van der Waals surface area contributed by atoms with Gasteiger partial charge in [-0.2, -0.15) is 0 Å². The third-order valence-electron chi connectivity index (χ3n) is 6.82. The van der Waals surface area contributed by atoms with Crippen molar-refractivity contribution >= 4 is 0 Å². The molecule has 0 aliphatic carbocycles. The van der Waals surface area contributed by atoms with Gasteiger partial charge in [-0.25, -0.2) is 9.78 Å². The molecule has 0 saturated heterocycles. The lowest BCUT2D eigenvalue weighted by molar-refractivity contribution is 0.181. The molecule has 1 N–H and O–H groups in total. The van der Waals surface area contributed by atoms with E-state index in [2.05, 4.69) is 17.1 Å². The molecule has 2 aromatic heterocycles. The van der Waals surface area contributed by atoms with Crippen molar-refractivity contribution in [3.63, 3.8) is 0 Å².